The van der Waals surface area contributed by atoms with Crippen LogP contribution in [0.2, 0.25) is 0 Å². The van der Waals surface area contributed by atoms with E-state index in [1.807, 2.05) is 20.8 Å². The van der Waals surface area contributed by atoms with Crippen molar-refractivity contribution < 1.29 is 9.18 Å². The molecule has 20 heavy (non-hydrogen) atoms. The first-order valence-electron chi connectivity index (χ1n) is 6.48. The highest BCUT2D eigenvalue weighted by molar-refractivity contribution is 5.94. The summed E-state index contributed by atoms with van der Waals surface area (Å²) in [6.45, 7) is 6.85. The Labute approximate surface area is 120 Å². The van der Waals surface area contributed by atoms with Crippen LogP contribution in [0.1, 0.15) is 36.7 Å². The van der Waals surface area contributed by atoms with Crippen LogP contribution in [0, 0.1) is 23.1 Å². The number of carbonyl (C=O) groups excluding carboxylic acids is 1. The summed E-state index contributed by atoms with van der Waals surface area (Å²) in [4.78, 5) is 13.7. The van der Waals surface area contributed by atoms with E-state index in [0.29, 0.717) is 12.1 Å². The average molecular weight is 276 g/mol. The zero-order chi connectivity index (χ0) is 15.3. The van der Waals surface area contributed by atoms with Gasteiger partial charge in [-0.25, -0.2) is 4.39 Å². The Kier molecular flexibility index (Phi) is 5.29. The number of rotatable bonds is 2. The van der Waals surface area contributed by atoms with Crippen molar-refractivity contribution in [3.63, 3.8) is 0 Å². The number of benzene rings is 1. The first-order valence-corrected chi connectivity index (χ1v) is 6.48. The minimum atomic E-state index is -0.556. The van der Waals surface area contributed by atoms with Gasteiger partial charge >= 0.3 is 0 Å². The third-order valence-corrected chi connectivity index (χ3v) is 2.59. The summed E-state index contributed by atoms with van der Waals surface area (Å²) in [5.74, 6) is 4.51. The Bertz CT molecular complexity index is 550. The van der Waals surface area contributed by atoms with Crippen molar-refractivity contribution in [3.8, 4) is 11.8 Å². The van der Waals surface area contributed by atoms with Crippen molar-refractivity contribution in [1.29, 1.82) is 0 Å². The second-order valence-corrected chi connectivity index (χ2v) is 5.92. The summed E-state index contributed by atoms with van der Waals surface area (Å²) in [6, 6.07) is 4.36. The predicted molar refractivity (Wildman–Crippen MR) is 78.7 cm³/mol. The largest absolute Gasteiger partial charge is 0.341 e. The van der Waals surface area contributed by atoms with E-state index in [0.717, 1.165) is 0 Å². The molecule has 3 nitrogen and oxygen atoms in total. The van der Waals surface area contributed by atoms with Gasteiger partial charge in [0.25, 0.3) is 5.91 Å². The van der Waals surface area contributed by atoms with E-state index in [2.05, 4.69) is 11.8 Å². The topological polar surface area (TPSA) is 46.3 Å². The fourth-order valence-corrected chi connectivity index (χ4v) is 1.91. The average Bonchev–Trinajstić information content (AvgIpc) is 2.33. The molecule has 1 amide bonds. The molecule has 1 aromatic carbocycles. The minimum absolute atomic E-state index is 0.0343. The molecule has 0 aliphatic rings. The Morgan fingerprint density at radius 2 is 2.05 bits per heavy atom. The van der Waals surface area contributed by atoms with Crippen molar-refractivity contribution in [3.05, 3.63) is 35.1 Å². The molecular weight excluding hydrogens is 255 g/mol. The summed E-state index contributed by atoms with van der Waals surface area (Å²) in [5.41, 5.74) is 5.81. The van der Waals surface area contributed by atoms with E-state index in [4.69, 9.17) is 5.73 Å². The lowest BCUT2D eigenvalue weighted by atomic mass is 9.96. The molecule has 0 saturated carbocycles. The molecule has 0 atom stereocenters. The lowest BCUT2D eigenvalue weighted by molar-refractivity contribution is 0.0741. The van der Waals surface area contributed by atoms with Gasteiger partial charge in [0.1, 0.15) is 5.82 Å². The monoisotopic (exact) mass is 276 g/mol. The number of nitrogens with two attached hydrogens (primary N) is 1. The van der Waals surface area contributed by atoms with Gasteiger partial charge in [0.15, 0.2) is 0 Å². The van der Waals surface area contributed by atoms with Gasteiger partial charge in [0.05, 0.1) is 12.1 Å². The van der Waals surface area contributed by atoms with Crippen molar-refractivity contribution in [2.75, 3.05) is 20.1 Å². The van der Waals surface area contributed by atoms with Crippen LogP contribution in [-0.4, -0.2) is 30.9 Å². The fraction of sp³-hybridized carbons (Fsp3) is 0.438. The Morgan fingerprint density at radius 3 is 2.55 bits per heavy atom. The SMILES string of the molecule is CN(CC(C)(C)C)C(=O)c1ccc(C#CCN)cc1F. The molecule has 0 aliphatic heterocycles. The third kappa shape index (κ3) is 4.67. The molecule has 0 spiro atoms. The number of carbonyl (C=O) groups is 1. The van der Waals surface area contributed by atoms with Gasteiger partial charge in [0, 0.05) is 19.2 Å². The molecule has 4 heteroatoms. The van der Waals surface area contributed by atoms with Gasteiger partial charge in [0.2, 0.25) is 0 Å². The number of hydrogen-bond donors (Lipinski definition) is 1. The zero-order valence-corrected chi connectivity index (χ0v) is 12.5. The molecule has 0 aromatic heterocycles. The van der Waals surface area contributed by atoms with Gasteiger partial charge < -0.3 is 10.6 Å². The highest BCUT2D eigenvalue weighted by atomic mass is 19.1. The van der Waals surface area contributed by atoms with Crippen LogP contribution in [0.3, 0.4) is 0 Å². The van der Waals surface area contributed by atoms with Gasteiger partial charge in [-0.3, -0.25) is 4.79 Å². The highest BCUT2D eigenvalue weighted by Gasteiger charge is 2.21. The first kappa shape index (κ1) is 16.2. The molecule has 0 aliphatic carbocycles. The van der Waals surface area contributed by atoms with Crippen molar-refractivity contribution in [2.24, 2.45) is 11.1 Å². The van der Waals surface area contributed by atoms with Gasteiger partial charge in [-0.2, -0.15) is 0 Å². The summed E-state index contributed by atoms with van der Waals surface area (Å²) in [5, 5.41) is 0. The van der Waals surface area contributed by atoms with Gasteiger partial charge in [-0.05, 0) is 23.6 Å². The van der Waals surface area contributed by atoms with Crippen LogP contribution >= 0.6 is 0 Å². The van der Waals surface area contributed by atoms with Crippen LogP contribution in [0.5, 0.6) is 0 Å². The Morgan fingerprint density at radius 1 is 1.40 bits per heavy atom. The number of nitrogens with zero attached hydrogens (tertiary/aromatic N) is 1. The van der Waals surface area contributed by atoms with Crippen molar-refractivity contribution >= 4 is 5.91 Å². The second kappa shape index (κ2) is 6.53. The molecule has 0 unspecified atom stereocenters. The van der Waals surface area contributed by atoms with Gasteiger partial charge in [-0.1, -0.05) is 32.6 Å². The van der Waals surface area contributed by atoms with E-state index in [1.165, 1.54) is 17.0 Å². The van der Waals surface area contributed by atoms with Crippen LogP contribution < -0.4 is 5.73 Å². The fourth-order valence-electron chi connectivity index (χ4n) is 1.91. The van der Waals surface area contributed by atoms with Crippen molar-refractivity contribution in [1.82, 2.24) is 4.90 Å². The summed E-state index contributed by atoms with van der Waals surface area (Å²) < 4.78 is 14.0. The van der Waals surface area contributed by atoms with E-state index >= 15 is 0 Å². The highest BCUT2D eigenvalue weighted by Crippen LogP contribution is 2.17. The maximum atomic E-state index is 14.0. The smallest absolute Gasteiger partial charge is 0.256 e. The summed E-state index contributed by atoms with van der Waals surface area (Å²) in [6.07, 6.45) is 0. The molecule has 0 saturated heterocycles. The number of halogens is 1. The second-order valence-electron chi connectivity index (χ2n) is 5.92. The third-order valence-electron chi connectivity index (χ3n) is 2.59. The Balaban J connectivity index is 2.94. The molecule has 1 rings (SSSR count). The molecule has 0 radical (unpaired) electrons. The van der Waals surface area contributed by atoms with E-state index in [-0.39, 0.29) is 23.4 Å². The number of hydrogen-bond acceptors (Lipinski definition) is 2. The van der Waals surface area contributed by atoms with E-state index in [9.17, 15) is 9.18 Å². The first-order chi connectivity index (χ1) is 9.24. The van der Waals surface area contributed by atoms with Crippen LogP contribution in [0.15, 0.2) is 18.2 Å². The van der Waals surface area contributed by atoms with E-state index < -0.39 is 5.82 Å². The van der Waals surface area contributed by atoms with Crippen LogP contribution in [-0.2, 0) is 0 Å². The summed E-state index contributed by atoms with van der Waals surface area (Å²) >= 11 is 0. The zero-order valence-electron chi connectivity index (χ0n) is 12.5. The molecule has 0 fully saturated rings. The maximum Gasteiger partial charge on any atom is 0.256 e. The summed E-state index contributed by atoms with van der Waals surface area (Å²) in [7, 11) is 1.68. The van der Waals surface area contributed by atoms with Crippen molar-refractivity contribution in [2.45, 2.75) is 20.8 Å². The molecule has 0 heterocycles. The van der Waals surface area contributed by atoms with Crippen LogP contribution in [0.25, 0.3) is 0 Å². The molecule has 0 bridgehead atoms. The normalized spacial score (nSPS) is 10.7. The molecular formula is C16H21FN2O. The molecule has 1 aromatic rings. The van der Waals surface area contributed by atoms with Crippen LogP contribution in [0.4, 0.5) is 4.39 Å². The van der Waals surface area contributed by atoms with Gasteiger partial charge in [-0.15, -0.1) is 0 Å². The minimum Gasteiger partial charge on any atom is -0.341 e. The quantitative estimate of drug-likeness (QED) is 0.842. The Hall–Kier alpha value is -1.86. The lowest BCUT2D eigenvalue weighted by Gasteiger charge is -2.26. The maximum absolute atomic E-state index is 14.0. The lowest BCUT2D eigenvalue weighted by Crippen LogP contribution is -2.34. The standard InChI is InChI=1S/C16H21FN2O/c1-16(2,3)11-19(4)15(20)13-8-7-12(6-5-9-18)10-14(13)17/h7-8,10H,9,11,18H2,1-4H3. The predicted octanol–water partition coefficient (Wildman–Crippen LogP) is 2.25. The number of amides is 1. The van der Waals surface area contributed by atoms with E-state index in [1.54, 1.807) is 13.1 Å². The molecule has 108 valence electrons. The molecule has 2 N–H and O–H groups in total.